The first-order chi connectivity index (χ1) is 8.08. The molecule has 94 valence electrons. The van der Waals surface area contributed by atoms with Gasteiger partial charge < -0.3 is 5.32 Å². The van der Waals surface area contributed by atoms with Gasteiger partial charge >= 0.3 is 0 Å². The van der Waals surface area contributed by atoms with Gasteiger partial charge in [0.1, 0.15) is 0 Å². The van der Waals surface area contributed by atoms with Crippen LogP contribution in [-0.4, -0.2) is 22.5 Å². The third-order valence-corrected chi connectivity index (χ3v) is 4.59. The van der Waals surface area contributed by atoms with Crippen LogP contribution < -0.4 is 5.32 Å². The molecule has 0 saturated carbocycles. The summed E-state index contributed by atoms with van der Waals surface area (Å²) < 4.78 is 0. The summed E-state index contributed by atoms with van der Waals surface area (Å²) in [5, 5.41) is 3.74. The highest BCUT2D eigenvalue weighted by atomic mass is 32.2. The second kappa shape index (κ2) is 5.40. The smallest absolute Gasteiger partial charge is 0.0426 e. The Kier molecular flexibility index (Phi) is 4.10. The van der Waals surface area contributed by atoms with Gasteiger partial charge in [-0.25, -0.2) is 0 Å². The highest BCUT2D eigenvalue weighted by Gasteiger charge is 2.20. The number of rotatable bonds is 3. The van der Waals surface area contributed by atoms with Crippen molar-refractivity contribution in [3.8, 4) is 0 Å². The van der Waals surface area contributed by atoms with Crippen molar-refractivity contribution in [3.63, 3.8) is 0 Å². The third kappa shape index (κ3) is 3.02. The van der Waals surface area contributed by atoms with Crippen LogP contribution in [0, 0.1) is 20.8 Å². The van der Waals surface area contributed by atoms with Crippen molar-refractivity contribution < 1.29 is 0 Å². The molecule has 1 N–H and O–H groups in total. The summed E-state index contributed by atoms with van der Waals surface area (Å²) in [4.78, 5) is 4.58. The Hall–Kier alpha value is -0.540. The Morgan fingerprint density at radius 2 is 2.18 bits per heavy atom. The van der Waals surface area contributed by atoms with E-state index < -0.39 is 0 Å². The van der Waals surface area contributed by atoms with E-state index >= 15 is 0 Å². The SMILES string of the molecule is Cc1cc(C)c(C(C)NC2CCSC2)c(C)n1. The normalized spacial score (nSPS) is 21.8. The van der Waals surface area contributed by atoms with E-state index in [1.165, 1.54) is 34.7 Å². The van der Waals surface area contributed by atoms with Crippen LogP contribution >= 0.6 is 11.8 Å². The van der Waals surface area contributed by atoms with Gasteiger partial charge in [0.2, 0.25) is 0 Å². The molecule has 1 aromatic rings. The van der Waals surface area contributed by atoms with Gasteiger partial charge in [0.25, 0.3) is 0 Å². The average Bonchev–Trinajstić information content (AvgIpc) is 2.68. The Bertz CT molecular complexity index is 374. The van der Waals surface area contributed by atoms with E-state index in [2.05, 4.69) is 55.8 Å². The van der Waals surface area contributed by atoms with Gasteiger partial charge in [-0.3, -0.25) is 4.98 Å². The number of aryl methyl sites for hydroxylation is 3. The molecule has 2 atom stereocenters. The number of aromatic nitrogens is 1. The zero-order valence-electron chi connectivity index (χ0n) is 11.2. The van der Waals surface area contributed by atoms with Gasteiger partial charge in [-0.05, 0) is 57.1 Å². The molecule has 1 fully saturated rings. The molecule has 2 heterocycles. The molecule has 1 saturated heterocycles. The van der Waals surface area contributed by atoms with E-state index in [-0.39, 0.29) is 0 Å². The quantitative estimate of drug-likeness (QED) is 0.892. The van der Waals surface area contributed by atoms with Crippen molar-refractivity contribution in [3.05, 3.63) is 28.6 Å². The van der Waals surface area contributed by atoms with Crippen LogP contribution in [0.5, 0.6) is 0 Å². The molecule has 2 unspecified atom stereocenters. The summed E-state index contributed by atoms with van der Waals surface area (Å²) in [6, 6.07) is 3.27. The monoisotopic (exact) mass is 250 g/mol. The Morgan fingerprint density at radius 1 is 1.41 bits per heavy atom. The van der Waals surface area contributed by atoms with Gasteiger partial charge in [0.15, 0.2) is 0 Å². The van der Waals surface area contributed by atoms with E-state index in [0.29, 0.717) is 12.1 Å². The minimum Gasteiger partial charge on any atom is -0.307 e. The lowest BCUT2D eigenvalue weighted by atomic mass is 9.99. The fourth-order valence-corrected chi connectivity index (χ4v) is 3.96. The van der Waals surface area contributed by atoms with Crippen molar-refractivity contribution >= 4 is 11.8 Å². The van der Waals surface area contributed by atoms with Gasteiger partial charge in [-0.15, -0.1) is 0 Å². The van der Waals surface area contributed by atoms with E-state index in [9.17, 15) is 0 Å². The first-order valence-corrected chi connectivity index (χ1v) is 7.52. The van der Waals surface area contributed by atoms with E-state index in [1.807, 2.05) is 0 Å². The number of nitrogens with one attached hydrogen (secondary N) is 1. The van der Waals surface area contributed by atoms with Crippen LogP contribution in [0.1, 0.15) is 41.9 Å². The summed E-state index contributed by atoms with van der Waals surface area (Å²) in [5.41, 5.74) is 5.04. The standard InChI is InChI=1S/C14H22N2S/c1-9-7-10(2)15-11(3)14(9)12(4)16-13-5-6-17-8-13/h7,12-13,16H,5-6,8H2,1-4H3. The van der Waals surface area contributed by atoms with E-state index in [0.717, 1.165) is 5.69 Å². The van der Waals surface area contributed by atoms with Crippen LogP contribution in [0.4, 0.5) is 0 Å². The predicted octanol–water partition coefficient (Wildman–Crippen LogP) is 3.16. The lowest BCUT2D eigenvalue weighted by molar-refractivity contribution is 0.482. The molecule has 2 nitrogen and oxygen atoms in total. The second-order valence-electron chi connectivity index (χ2n) is 5.03. The van der Waals surface area contributed by atoms with E-state index in [1.54, 1.807) is 0 Å². The first-order valence-electron chi connectivity index (χ1n) is 6.36. The average molecular weight is 250 g/mol. The fourth-order valence-electron chi connectivity index (χ4n) is 2.79. The molecule has 1 aromatic heterocycles. The molecule has 0 aromatic carbocycles. The van der Waals surface area contributed by atoms with Gasteiger partial charge in [-0.2, -0.15) is 11.8 Å². The summed E-state index contributed by atoms with van der Waals surface area (Å²) in [7, 11) is 0. The number of thioether (sulfide) groups is 1. The highest BCUT2D eigenvalue weighted by molar-refractivity contribution is 7.99. The Balaban J connectivity index is 2.15. The lowest BCUT2D eigenvalue weighted by Gasteiger charge is -2.22. The van der Waals surface area contributed by atoms with Crippen molar-refractivity contribution in [2.45, 2.75) is 46.2 Å². The minimum atomic E-state index is 0.409. The maximum Gasteiger partial charge on any atom is 0.0426 e. The second-order valence-corrected chi connectivity index (χ2v) is 6.18. The summed E-state index contributed by atoms with van der Waals surface area (Å²) in [6.45, 7) is 8.64. The number of hydrogen-bond acceptors (Lipinski definition) is 3. The molecule has 0 radical (unpaired) electrons. The largest absolute Gasteiger partial charge is 0.307 e. The van der Waals surface area contributed by atoms with Crippen molar-refractivity contribution in [2.24, 2.45) is 0 Å². The molecule has 1 aliphatic rings. The van der Waals surface area contributed by atoms with Crippen LogP contribution in [0.2, 0.25) is 0 Å². The molecule has 0 spiro atoms. The molecule has 0 aliphatic carbocycles. The van der Waals surface area contributed by atoms with Crippen LogP contribution in [0.3, 0.4) is 0 Å². The molecule has 3 heteroatoms. The molecular formula is C14H22N2S. The third-order valence-electron chi connectivity index (χ3n) is 3.43. The number of hydrogen-bond donors (Lipinski definition) is 1. The Morgan fingerprint density at radius 3 is 2.76 bits per heavy atom. The number of nitrogens with zero attached hydrogens (tertiary/aromatic N) is 1. The van der Waals surface area contributed by atoms with Crippen molar-refractivity contribution in [1.29, 1.82) is 0 Å². The van der Waals surface area contributed by atoms with Crippen molar-refractivity contribution in [2.75, 3.05) is 11.5 Å². The van der Waals surface area contributed by atoms with Gasteiger partial charge in [0, 0.05) is 29.2 Å². The predicted molar refractivity (Wildman–Crippen MR) is 75.7 cm³/mol. The van der Waals surface area contributed by atoms with Crippen LogP contribution in [0.25, 0.3) is 0 Å². The molecule has 0 amide bonds. The highest BCUT2D eigenvalue weighted by Crippen LogP contribution is 2.24. The zero-order chi connectivity index (χ0) is 12.4. The molecule has 0 bridgehead atoms. The molecule has 1 aliphatic heterocycles. The summed E-state index contributed by atoms with van der Waals surface area (Å²) >= 11 is 2.05. The fraction of sp³-hybridized carbons (Fsp3) is 0.643. The van der Waals surface area contributed by atoms with Crippen molar-refractivity contribution in [1.82, 2.24) is 10.3 Å². The maximum atomic E-state index is 4.58. The van der Waals surface area contributed by atoms with Gasteiger partial charge in [0.05, 0.1) is 0 Å². The molecule has 2 rings (SSSR count). The lowest BCUT2D eigenvalue weighted by Crippen LogP contribution is -2.32. The van der Waals surface area contributed by atoms with Gasteiger partial charge in [-0.1, -0.05) is 0 Å². The zero-order valence-corrected chi connectivity index (χ0v) is 12.0. The van der Waals surface area contributed by atoms with Crippen LogP contribution in [-0.2, 0) is 0 Å². The number of pyridine rings is 1. The summed E-state index contributed by atoms with van der Waals surface area (Å²) in [5.74, 6) is 2.55. The van der Waals surface area contributed by atoms with Crippen LogP contribution in [0.15, 0.2) is 6.07 Å². The Labute approximate surface area is 109 Å². The minimum absolute atomic E-state index is 0.409. The topological polar surface area (TPSA) is 24.9 Å². The van der Waals surface area contributed by atoms with E-state index in [4.69, 9.17) is 0 Å². The first kappa shape index (κ1) is 12.9. The summed E-state index contributed by atoms with van der Waals surface area (Å²) in [6.07, 6.45) is 1.30. The molecule has 17 heavy (non-hydrogen) atoms. The maximum absolute atomic E-state index is 4.58. The molecular weight excluding hydrogens is 228 g/mol.